The van der Waals surface area contributed by atoms with Crippen LogP contribution in [-0.4, -0.2) is 34.2 Å². The number of hydrogen-bond acceptors (Lipinski definition) is 3. The zero-order valence-corrected chi connectivity index (χ0v) is 9.74. The Balaban J connectivity index is 2.30. The monoisotopic (exact) mass is 235 g/mol. The van der Waals surface area contributed by atoms with E-state index in [1.54, 1.807) is 0 Å². The molecule has 0 aromatic heterocycles. The number of thioether (sulfide) groups is 1. The minimum atomic E-state index is -0.104. The molecule has 0 saturated carbocycles. The van der Waals surface area contributed by atoms with Gasteiger partial charge in [0.15, 0.2) is 0 Å². The van der Waals surface area contributed by atoms with Gasteiger partial charge in [0.25, 0.3) is 5.24 Å². The third kappa shape index (κ3) is 3.17. The van der Waals surface area contributed by atoms with Crippen LogP contribution in [0.25, 0.3) is 0 Å². The molecule has 80 valence electrons. The van der Waals surface area contributed by atoms with Gasteiger partial charge in [0, 0.05) is 12.4 Å². The van der Waals surface area contributed by atoms with Crippen molar-refractivity contribution in [2.45, 2.75) is 19.8 Å². The van der Waals surface area contributed by atoms with Crippen molar-refractivity contribution in [2.24, 2.45) is 5.92 Å². The Labute approximate surface area is 93.2 Å². The summed E-state index contributed by atoms with van der Waals surface area (Å²) in [6.07, 6.45) is 1.79. The van der Waals surface area contributed by atoms with Gasteiger partial charge < -0.3 is 0 Å². The summed E-state index contributed by atoms with van der Waals surface area (Å²) in [6, 6.07) is 0. The van der Waals surface area contributed by atoms with E-state index in [1.807, 2.05) is 0 Å². The number of halogens is 1. The number of alkyl halides is 1. The summed E-state index contributed by atoms with van der Waals surface area (Å²) in [5.41, 5.74) is 0. The number of carbonyl (C=O) groups is 2. The van der Waals surface area contributed by atoms with Crippen molar-refractivity contribution in [3.8, 4) is 0 Å². The highest BCUT2D eigenvalue weighted by atomic mass is 35.5. The van der Waals surface area contributed by atoms with E-state index < -0.39 is 0 Å². The fourth-order valence-corrected chi connectivity index (χ4v) is 2.40. The first kappa shape index (κ1) is 11.9. The Morgan fingerprint density at radius 1 is 1.50 bits per heavy atom. The van der Waals surface area contributed by atoms with Crippen molar-refractivity contribution in [1.29, 1.82) is 0 Å². The van der Waals surface area contributed by atoms with Crippen LogP contribution in [0.3, 0.4) is 0 Å². The van der Waals surface area contributed by atoms with E-state index in [0.29, 0.717) is 24.1 Å². The molecule has 1 aliphatic heterocycles. The molecule has 1 atom stereocenters. The van der Waals surface area contributed by atoms with Crippen LogP contribution in [0.4, 0.5) is 4.79 Å². The van der Waals surface area contributed by atoms with Crippen molar-refractivity contribution in [3.63, 3.8) is 0 Å². The highest BCUT2D eigenvalue weighted by molar-refractivity contribution is 8.14. The molecule has 5 heteroatoms. The van der Waals surface area contributed by atoms with Crippen LogP contribution in [0.2, 0.25) is 0 Å². The normalized spacial score (nSPS) is 19.1. The van der Waals surface area contributed by atoms with E-state index in [1.165, 1.54) is 4.90 Å². The van der Waals surface area contributed by atoms with Crippen molar-refractivity contribution in [3.05, 3.63) is 0 Å². The summed E-state index contributed by atoms with van der Waals surface area (Å²) in [6.45, 7) is 2.63. The molecule has 1 aliphatic rings. The fraction of sp³-hybridized carbons (Fsp3) is 0.778. The maximum Gasteiger partial charge on any atom is 0.288 e. The van der Waals surface area contributed by atoms with Crippen molar-refractivity contribution >= 4 is 34.5 Å². The Hall–Kier alpha value is -0.220. The van der Waals surface area contributed by atoms with Gasteiger partial charge in [-0.2, -0.15) is 0 Å². The van der Waals surface area contributed by atoms with Gasteiger partial charge in [0.2, 0.25) is 5.91 Å². The van der Waals surface area contributed by atoms with E-state index in [4.69, 9.17) is 11.6 Å². The average Bonchev–Trinajstić information content (AvgIpc) is 2.44. The van der Waals surface area contributed by atoms with Crippen molar-refractivity contribution in [1.82, 2.24) is 4.90 Å². The molecule has 1 saturated heterocycles. The maximum absolute atomic E-state index is 11.2. The number of carbonyl (C=O) groups excluding carboxylic acids is 2. The second-order valence-electron chi connectivity index (χ2n) is 3.47. The molecule has 0 N–H and O–H groups in total. The number of rotatable bonds is 5. The highest BCUT2D eigenvalue weighted by Crippen LogP contribution is 2.20. The molecule has 0 bridgehead atoms. The third-order valence-electron chi connectivity index (χ3n) is 2.29. The summed E-state index contributed by atoms with van der Waals surface area (Å²) >= 11 is 6.69. The Morgan fingerprint density at radius 3 is 2.71 bits per heavy atom. The van der Waals surface area contributed by atoms with Gasteiger partial charge in [-0.15, -0.1) is 11.6 Å². The van der Waals surface area contributed by atoms with Gasteiger partial charge in [0.05, 0.1) is 5.75 Å². The molecule has 0 aliphatic carbocycles. The first-order valence-electron chi connectivity index (χ1n) is 4.68. The standard InChI is InChI=1S/C9H14ClNO2S/c1-7(2-4-10)3-5-11-8(12)6-14-9(11)13/h7H,2-6H2,1H3. The predicted molar refractivity (Wildman–Crippen MR) is 58.7 cm³/mol. The third-order valence-corrected chi connectivity index (χ3v) is 3.36. The van der Waals surface area contributed by atoms with Gasteiger partial charge in [-0.25, -0.2) is 0 Å². The fourth-order valence-electron chi connectivity index (χ4n) is 1.28. The second kappa shape index (κ2) is 5.61. The second-order valence-corrected chi connectivity index (χ2v) is 4.78. The topological polar surface area (TPSA) is 37.4 Å². The summed E-state index contributed by atoms with van der Waals surface area (Å²) in [5.74, 6) is 1.36. The first-order chi connectivity index (χ1) is 6.65. The van der Waals surface area contributed by atoms with Gasteiger partial charge in [-0.1, -0.05) is 18.7 Å². The van der Waals surface area contributed by atoms with Crippen LogP contribution in [0, 0.1) is 5.92 Å². The van der Waals surface area contributed by atoms with E-state index in [2.05, 4.69) is 6.92 Å². The van der Waals surface area contributed by atoms with Crippen molar-refractivity contribution in [2.75, 3.05) is 18.2 Å². The van der Waals surface area contributed by atoms with Gasteiger partial charge in [0.1, 0.15) is 0 Å². The molecule has 3 nitrogen and oxygen atoms in total. The highest BCUT2D eigenvalue weighted by Gasteiger charge is 2.29. The zero-order chi connectivity index (χ0) is 10.6. The minimum absolute atomic E-state index is 0.0573. The number of hydrogen-bond donors (Lipinski definition) is 0. The van der Waals surface area contributed by atoms with Gasteiger partial charge >= 0.3 is 0 Å². The van der Waals surface area contributed by atoms with Crippen LogP contribution in [0.15, 0.2) is 0 Å². The smallest absolute Gasteiger partial charge is 0.273 e. The predicted octanol–water partition coefficient (Wildman–Crippen LogP) is 2.34. The molecule has 1 fully saturated rings. The molecule has 1 rings (SSSR count). The molecule has 14 heavy (non-hydrogen) atoms. The van der Waals surface area contributed by atoms with E-state index in [0.717, 1.165) is 24.6 Å². The summed E-state index contributed by atoms with van der Waals surface area (Å²) in [5, 5.41) is -0.104. The van der Waals surface area contributed by atoms with Gasteiger partial charge in [-0.05, 0) is 18.8 Å². The lowest BCUT2D eigenvalue weighted by molar-refractivity contribution is -0.124. The minimum Gasteiger partial charge on any atom is -0.273 e. The molecule has 0 aromatic rings. The van der Waals surface area contributed by atoms with Crippen LogP contribution in [0.1, 0.15) is 19.8 Å². The lowest BCUT2D eigenvalue weighted by Crippen LogP contribution is -2.30. The summed E-state index contributed by atoms with van der Waals surface area (Å²) < 4.78 is 0. The van der Waals surface area contributed by atoms with E-state index in [-0.39, 0.29) is 11.1 Å². The largest absolute Gasteiger partial charge is 0.288 e. The zero-order valence-electron chi connectivity index (χ0n) is 8.16. The summed E-state index contributed by atoms with van der Waals surface area (Å²) in [4.78, 5) is 23.8. The lowest BCUT2D eigenvalue weighted by Gasteiger charge is -2.15. The van der Waals surface area contributed by atoms with Crippen LogP contribution >= 0.6 is 23.4 Å². The molecule has 0 radical (unpaired) electrons. The number of nitrogens with zero attached hydrogens (tertiary/aromatic N) is 1. The van der Waals surface area contributed by atoms with Crippen molar-refractivity contribution < 1.29 is 9.59 Å². The Kier molecular flexibility index (Phi) is 4.75. The molecular formula is C9H14ClNO2S. The molecular weight excluding hydrogens is 222 g/mol. The van der Waals surface area contributed by atoms with Crippen LogP contribution in [-0.2, 0) is 4.79 Å². The first-order valence-corrected chi connectivity index (χ1v) is 6.20. The van der Waals surface area contributed by atoms with E-state index >= 15 is 0 Å². The SMILES string of the molecule is CC(CCCl)CCN1C(=O)CSC1=O. The summed E-state index contributed by atoms with van der Waals surface area (Å²) in [7, 11) is 0. The lowest BCUT2D eigenvalue weighted by atomic mass is 10.1. The maximum atomic E-state index is 11.2. The Morgan fingerprint density at radius 2 is 2.21 bits per heavy atom. The number of amides is 2. The van der Waals surface area contributed by atoms with E-state index in [9.17, 15) is 9.59 Å². The average molecular weight is 236 g/mol. The van der Waals surface area contributed by atoms with Gasteiger partial charge in [-0.3, -0.25) is 14.5 Å². The molecule has 0 spiro atoms. The molecule has 0 aromatic carbocycles. The Bertz CT molecular complexity index is 219. The van der Waals surface area contributed by atoms with Crippen LogP contribution < -0.4 is 0 Å². The number of imide groups is 1. The van der Waals surface area contributed by atoms with Crippen LogP contribution in [0.5, 0.6) is 0 Å². The molecule has 1 unspecified atom stereocenters. The quantitative estimate of drug-likeness (QED) is 0.687. The molecule has 1 heterocycles. The molecule has 2 amide bonds.